The van der Waals surface area contributed by atoms with Crippen molar-refractivity contribution in [3.63, 3.8) is 0 Å². The SMILES string of the molecule is CCOC1CCC([C@@H]2C[C@H]3CC[C@]2(C)C3(C)C)CC1O. The van der Waals surface area contributed by atoms with E-state index < -0.39 is 0 Å². The average molecular weight is 280 g/mol. The summed E-state index contributed by atoms with van der Waals surface area (Å²) in [6.45, 7) is 10.3. The van der Waals surface area contributed by atoms with Crippen molar-refractivity contribution in [1.29, 1.82) is 0 Å². The van der Waals surface area contributed by atoms with Crippen LogP contribution in [0.4, 0.5) is 0 Å². The van der Waals surface area contributed by atoms with Gasteiger partial charge >= 0.3 is 0 Å². The number of hydrogen-bond donors (Lipinski definition) is 1. The minimum atomic E-state index is -0.237. The van der Waals surface area contributed by atoms with Crippen molar-refractivity contribution < 1.29 is 9.84 Å². The topological polar surface area (TPSA) is 29.5 Å². The fraction of sp³-hybridized carbons (Fsp3) is 1.00. The Balaban J connectivity index is 1.70. The summed E-state index contributed by atoms with van der Waals surface area (Å²) in [5.41, 5.74) is 1.000. The lowest BCUT2D eigenvalue weighted by Crippen LogP contribution is -2.42. The maximum atomic E-state index is 10.4. The second-order valence-corrected chi connectivity index (χ2v) is 8.35. The minimum absolute atomic E-state index is 0.0932. The summed E-state index contributed by atoms with van der Waals surface area (Å²) in [5.74, 6) is 2.46. The molecule has 3 aliphatic rings. The van der Waals surface area contributed by atoms with Gasteiger partial charge in [0, 0.05) is 6.61 Å². The molecule has 0 aromatic heterocycles. The van der Waals surface area contributed by atoms with Crippen LogP contribution in [0.2, 0.25) is 0 Å². The van der Waals surface area contributed by atoms with Gasteiger partial charge in [-0.25, -0.2) is 0 Å². The molecule has 2 bridgehead atoms. The first kappa shape index (κ1) is 14.8. The van der Waals surface area contributed by atoms with Crippen molar-refractivity contribution >= 4 is 0 Å². The van der Waals surface area contributed by atoms with E-state index in [1.807, 2.05) is 6.92 Å². The molecule has 3 aliphatic carbocycles. The molecule has 0 amide bonds. The van der Waals surface area contributed by atoms with E-state index in [0.29, 0.717) is 10.8 Å². The van der Waals surface area contributed by atoms with Crippen LogP contribution in [-0.4, -0.2) is 23.9 Å². The van der Waals surface area contributed by atoms with Gasteiger partial charge in [0.2, 0.25) is 0 Å². The first-order chi connectivity index (χ1) is 9.40. The van der Waals surface area contributed by atoms with Crippen LogP contribution in [0.25, 0.3) is 0 Å². The second kappa shape index (κ2) is 4.98. The highest BCUT2D eigenvalue weighted by molar-refractivity contribution is 5.11. The molecular weight excluding hydrogens is 248 g/mol. The number of rotatable bonds is 3. The van der Waals surface area contributed by atoms with E-state index in [0.717, 1.165) is 37.2 Å². The van der Waals surface area contributed by atoms with Gasteiger partial charge < -0.3 is 9.84 Å². The van der Waals surface area contributed by atoms with E-state index in [-0.39, 0.29) is 12.2 Å². The van der Waals surface area contributed by atoms with Gasteiger partial charge in [-0.05, 0) is 74.0 Å². The van der Waals surface area contributed by atoms with Gasteiger partial charge in [0.1, 0.15) is 0 Å². The zero-order valence-corrected chi connectivity index (χ0v) is 13.7. The predicted molar refractivity (Wildman–Crippen MR) is 81.5 cm³/mol. The third-order valence-corrected chi connectivity index (χ3v) is 7.61. The van der Waals surface area contributed by atoms with E-state index in [1.165, 1.54) is 25.7 Å². The molecule has 20 heavy (non-hydrogen) atoms. The first-order valence-electron chi connectivity index (χ1n) is 8.69. The maximum absolute atomic E-state index is 10.4. The Morgan fingerprint density at radius 2 is 1.85 bits per heavy atom. The third kappa shape index (κ3) is 1.98. The number of hydrogen-bond acceptors (Lipinski definition) is 2. The molecule has 3 rings (SSSR count). The van der Waals surface area contributed by atoms with Crippen LogP contribution in [0.15, 0.2) is 0 Å². The zero-order valence-electron chi connectivity index (χ0n) is 13.7. The highest BCUT2D eigenvalue weighted by Crippen LogP contribution is 2.70. The normalized spacial score (nSPS) is 50.5. The van der Waals surface area contributed by atoms with Crippen LogP contribution in [0, 0.1) is 28.6 Å². The van der Waals surface area contributed by atoms with Crippen molar-refractivity contribution in [2.24, 2.45) is 28.6 Å². The Morgan fingerprint density at radius 3 is 2.35 bits per heavy atom. The number of fused-ring (bicyclic) bond motifs is 2. The minimum Gasteiger partial charge on any atom is -0.390 e. The molecule has 3 fully saturated rings. The van der Waals surface area contributed by atoms with Crippen LogP contribution in [0.3, 0.4) is 0 Å². The fourth-order valence-corrected chi connectivity index (χ4v) is 5.90. The van der Waals surface area contributed by atoms with E-state index in [4.69, 9.17) is 4.74 Å². The predicted octanol–water partition coefficient (Wildman–Crippen LogP) is 4.01. The van der Waals surface area contributed by atoms with Gasteiger partial charge in [-0.3, -0.25) is 0 Å². The van der Waals surface area contributed by atoms with Crippen LogP contribution < -0.4 is 0 Å². The monoisotopic (exact) mass is 280 g/mol. The Hall–Kier alpha value is -0.0800. The van der Waals surface area contributed by atoms with Crippen molar-refractivity contribution in [2.75, 3.05) is 6.61 Å². The van der Waals surface area contributed by atoms with Crippen LogP contribution in [0.1, 0.15) is 66.2 Å². The Labute approximate surface area is 124 Å². The number of aliphatic hydroxyl groups excluding tert-OH is 1. The van der Waals surface area contributed by atoms with Crippen molar-refractivity contribution in [3.8, 4) is 0 Å². The summed E-state index contributed by atoms with van der Waals surface area (Å²) in [7, 11) is 0. The van der Waals surface area contributed by atoms with Crippen molar-refractivity contribution in [1.82, 2.24) is 0 Å². The molecular formula is C18H32O2. The summed E-state index contributed by atoms with van der Waals surface area (Å²) in [6.07, 6.45) is 7.36. The first-order valence-corrected chi connectivity index (χ1v) is 8.69. The summed E-state index contributed by atoms with van der Waals surface area (Å²) in [4.78, 5) is 0. The fourth-order valence-electron chi connectivity index (χ4n) is 5.90. The molecule has 116 valence electrons. The molecule has 0 saturated heterocycles. The van der Waals surface area contributed by atoms with Gasteiger partial charge in [-0.2, -0.15) is 0 Å². The third-order valence-electron chi connectivity index (χ3n) is 7.61. The number of aliphatic hydroxyl groups is 1. The van der Waals surface area contributed by atoms with Gasteiger partial charge in [-0.1, -0.05) is 20.8 Å². The molecule has 6 atom stereocenters. The molecule has 2 nitrogen and oxygen atoms in total. The lowest BCUT2D eigenvalue weighted by atomic mass is 9.61. The Bertz CT molecular complexity index is 364. The van der Waals surface area contributed by atoms with E-state index in [1.54, 1.807) is 0 Å². The Kier molecular flexibility index (Phi) is 3.70. The molecule has 3 saturated carbocycles. The average Bonchev–Trinajstić information content (AvgIpc) is 2.74. The van der Waals surface area contributed by atoms with Crippen molar-refractivity contribution in [2.45, 2.75) is 78.4 Å². The standard InChI is InChI=1S/C18H32O2/c1-5-20-16-7-6-12(10-15(16)19)14-11-13-8-9-18(14,4)17(13,2)3/h12-16,19H,5-11H2,1-4H3/t12?,13-,14+,15?,16?,18+/m1/s1. The van der Waals surface area contributed by atoms with Crippen LogP contribution in [0.5, 0.6) is 0 Å². The summed E-state index contributed by atoms with van der Waals surface area (Å²) < 4.78 is 5.68. The van der Waals surface area contributed by atoms with Gasteiger partial charge in [-0.15, -0.1) is 0 Å². The molecule has 0 aromatic carbocycles. The van der Waals surface area contributed by atoms with Gasteiger partial charge in [0.05, 0.1) is 12.2 Å². The molecule has 0 aromatic rings. The summed E-state index contributed by atoms with van der Waals surface area (Å²) in [5, 5.41) is 10.4. The van der Waals surface area contributed by atoms with Crippen molar-refractivity contribution in [3.05, 3.63) is 0 Å². The molecule has 0 spiro atoms. The van der Waals surface area contributed by atoms with E-state index in [9.17, 15) is 5.11 Å². The van der Waals surface area contributed by atoms with Gasteiger partial charge in [0.25, 0.3) is 0 Å². The lowest BCUT2D eigenvalue weighted by Gasteiger charge is -2.45. The molecule has 1 N–H and O–H groups in total. The molecule has 0 radical (unpaired) electrons. The van der Waals surface area contributed by atoms with E-state index in [2.05, 4.69) is 20.8 Å². The maximum Gasteiger partial charge on any atom is 0.0834 e. The van der Waals surface area contributed by atoms with Crippen LogP contribution in [-0.2, 0) is 4.74 Å². The van der Waals surface area contributed by atoms with Gasteiger partial charge in [0.15, 0.2) is 0 Å². The second-order valence-electron chi connectivity index (χ2n) is 8.35. The number of ether oxygens (including phenoxy) is 1. The van der Waals surface area contributed by atoms with E-state index >= 15 is 0 Å². The highest BCUT2D eigenvalue weighted by Gasteiger charge is 2.62. The highest BCUT2D eigenvalue weighted by atomic mass is 16.5. The quantitative estimate of drug-likeness (QED) is 0.846. The van der Waals surface area contributed by atoms with Crippen LogP contribution >= 0.6 is 0 Å². The largest absolute Gasteiger partial charge is 0.390 e. The summed E-state index contributed by atoms with van der Waals surface area (Å²) >= 11 is 0. The molecule has 2 heteroatoms. The zero-order chi connectivity index (χ0) is 14.5. The summed E-state index contributed by atoms with van der Waals surface area (Å²) in [6, 6.07) is 0. The molecule has 3 unspecified atom stereocenters. The molecule has 0 aliphatic heterocycles. The lowest BCUT2D eigenvalue weighted by molar-refractivity contribution is -0.0829. The smallest absolute Gasteiger partial charge is 0.0834 e. The Morgan fingerprint density at radius 1 is 1.10 bits per heavy atom. The molecule has 0 heterocycles.